The van der Waals surface area contributed by atoms with E-state index in [2.05, 4.69) is 40.2 Å². The maximum Gasteiger partial charge on any atom is 0.231 e. The van der Waals surface area contributed by atoms with Crippen LogP contribution in [0.25, 0.3) is 10.9 Å². The van der Waals surface area contributed by atoms with E-state index in [4.69, 9.17) is 14.2 Å². The molecule has 0 atom stereocenters. The Balaban J connectivity index is 1.26. The summed E-state index contributed by atoms with van der Waals surface area (Å²) in [5.41, 5.74) is 2.19. The van der Waals surface area contributed by atoms with E-state index in [1.54, 1.807) is 0 Å². The molecule has 1 aromatic heterocycles. The number of hydrogen-bond donors (Lipinski definition) is 1. The first-order chi connectivity index (χ1) is 14.7. The van der Waals surface area contributed by atoms with E-state index in [0.717, 1.165) is 29.9 Å². The van der Waals surface area contributed by atoms with E-state index < -0.39 is 0 Å². The first-order valence-electron chi connectivity index (χ1n) is 10.5. The number of aryl methyl sites for hydroxylation is 1. The summed E-state index contributed by atoms with van der Waals surface area (Å²) in [6.45, 7) is 2.92. The molecule has 1 amide bonds. The number of carbonyl (C=O) groups excluding carboxylic acids is 1. The number of nitrogens with zero attached hydrogens (tertiary/aromatic N) is 1. The number of benzene rings is 2. The van der Waals surface area contributed by atoms with Crippen LogP contribution in [-0.2, 0) is 21.5 Å². The lowest BCUT2D eigenvalue weighted by atomic mass is 9.74. The lowest BCUT2D eigenvalue weighted by molar-refractivity contribution is -0.121. The quantitative estimate of drug-likeness (QED) is 0.679. The molecular weight excluding hydrogens is 380 g/mol. The van der Waals surface area contributed by atoms with Gasteiger partial charge in [0.15, 0.2) is 11.5 Å². The van der Waals surface area contributed by atoms with Crippen molar-refractivity contribution in [2.24, 2.45) is 0 Å². The Morgan fingerprint density at radius 3 is 2.77 bits per heavy atom. The van der Waals surface area contributed by atoms with Gasteiger partial charge in [0.25, 0.3) is 0 Å². The Hall–Kier alpha value is -2.99. The molecule has 0 bridgehead atoms. The van der Waals surface area contributed by atoms with Gasteiger partial charge in [0.05, 0.1) is 0 Å². The predicted molar refractivity (Wildman–Crippen MR) is 114 cm³/mol. The Bertz CT molecular complexity index is 1050. The maximum absolute atomic E-state index is 12.7. The number of aromatic nitrogens is 1. The zero-order valence-electron chi connectivity index (χ0n) is 16.9. The van der Waals surface area contributed by atoms with Gasteiger partial charge in [0, 0.05) is 49.9 Å². The van der Waals surface area contributed by atoms with Crippen LogP contribution in [0.3, 0.4) is 0 Å². The van der Waals surface area contributed by atoms with Gasteiger partial charge in [-0.15, -0.1) is 0 Å². The van der Waals surface area contributed by atoms with Crippen molar-refractivity contribution >= 4 is 16.8 Å². The highest BCUT2D eigenvalue weighted by Gasteiger charge is 2.36. The van der Waals surface area contributed by atoms with Crippen molar-refractivity contribution < 1.29 is 19.0 Å². The summed E-state index contributed by atoms with van der Waals surface area (Å²) in [5, 5.41) is 4.39. The van der Waals surface area contributed by atoms with Crippen LogP contribution in [0.5, 0.6) is 11.5 Å². The van der Waals surface area contributed by atoms with Gasteiger partial charge in [-0.2, -0.15) is 0 Å². The van der Waals surface area contributed by atoms with Crippen molar-refractivity contribution in [2.45, 2.75) is 31.2 Å². The molecule has 3 heterocycles. The molecule has 2 aliphatic rings. The molecular formula is C24H26N2O4. The molecule has 0 aliphatic carbocycles. The van der Waals surface area contributed by atoms with Gasteiger partial charge in [-0.3, -0.25) is 4.79 Å². The molecule has 1 saturated heterocycles. The largest absolute Gasteiger partial charge is 0.454 e. The Kier molecular flexibility index (Phi) is 5.09. The lowest BCUT2D eigenvalue weighted by Gasteiger charge is -2.38. The van der Waals surface area contributed by atoms with Crippen LogP contribution in [0.2, 0.25) is 0 Å². The van der Waals surface area contributed by atoms with Gasteiger partial charge in [-0.1, -0.05) is 24.3 Å². The average Bonchev–Trinajstić information content (AvgIpc) is 3.43. The number of rotatable bonds is 6. The van der Waals surface area contributed by atoms with Crippen LogP contribution in [0.15, 0.2) is 54.7 Å². The second kappa shape index (κ2) is 8.03. The van der Waals surface area contributed by atoms with Crippen molar-refractivity contribution in [3.8, 4) is 11.5 Å². The molecule has 2 aliphatic heterocycles. The van der Waals surface area contributed by atoms with E-state index in [9.17, 15) is 4.79 Å². The number of fused-ring (bicyclic) bond motifs is 2. The van der Waals surface area contributed by atoms with Gasteiger partial charge in [-0.05, 0) is 48.1 Å². The summed E-state index contributed by atoms with van der Waals surface area (Å²) in [6.07, 6.45) is 4.24. The molecule has 5 rings (SSSR count). The van der Waals surface area contributed by atoms with Crippen LogP contribution in [-0.4, -0.2) is 37.0 Å². The number of carbonyl (C=O) groups is 1. The summed E-state index contributed by atoms with van der Waals surface area (Å²) in [7, 11) is 0. The number of ether oxygens (including phenoxy) is 3. The van der Waals surface area contributed by atoms with Crippen molar-refractivity contribution in [2.75, 3.05) is 26.6 Å². The second-order valence-electron chi connectivity index (χ2n) is 8.06. The molecule has 1 N–H and O–H groups in total. The third-order valence-electron chi connectivity index (χ3n) is 6.32. The highest BCUT2D eigenvalue weighted by molar-refractivity contribution is 5.80. The fraction of sp³-hybridized carbons (Fsp3) is 0.375. The molecule has 3 aromatic rings. The predicted octanol–water partition coefficient (Wildman–Crippen LogP) is 3.62. The molecule has 0 radical (unpaired) electrons. The number of hydrogen-bond acceptors (Lipinski definition) is 4. The molecule has 0 spiro atoms. The summed E-state index contributed by atoms with van der Waals surface area (Å²) in [5.74, 6) is 1.63. The normalized spacial score (nSPS) is 17.2. The smallest absolute Gasteiger partial charge is 0.231 e. The Morgan fingerprint density at radius 2 is 1.87 bits per heavy atom. The first-order valence-corrected chi connectivity index (χ1v) is 10.5. The van der Waals surface area contributed by atoms with Crippen LogP contribution >= 0.6 is 0 Å². The van der Waals surface area contributed by atoms with E-state index in [1.807, 2.05) is 24.4 Å². The number of para-hydroxylation sites is 1. The van der Waals surface area contributed by atoms with E-state index >= 15 is 0 Å². The summed E-state index contributed by atoms with van der Waals surface area (Å²) in [6, 6.07) is 16.4. The van der Waals surface area contributed by atoms with Gasteiger partial charge in [0.2, 0.25) is 12.7 Å². The minimum atomic E-state index is -0.144. The topological polar surface area (TPSA) is 61.7 Å². The monoisotopic (exact) mass is 406 g/mol. The molecule has 6 nitrogen and oxygen atoms in total. The first kappa shape index (κ1) is 19.0. The minimum absolute atomic E-state index is 0.0689. The Labute approximate surface area is 175 Å². The van der Waals surface area contributed by atoms with Crippen molar-refractivity contribution in [3.05, 3.63) is 60.3 Å². The van der Waals surface area contributed by atoms with Gasteiger partial charge >= 0.3 is 0 Å². The molecule has 30 heavy (non-hydrogen) atoms. The van der Waals surface area contributed by atoms with E-state index in [0.29, 0.717) is 32.7 Å². The summed E-state index contributed by atoms with van der Waals surface area (Å²) >= 11 is 0. The van der Waals surface area contributed by atoms with Gasteiger partial charge in [-0.25, -0.2) is 0 Å². The third-order valence-corrected chi connectivity index (χ3v) is 6.32. The molecule has 2 aromatic carbocycles. The molecule has 0 unspecified atom stereocenters. The molecule has 6 heteroatoms. The summed E-state index contributed by atoms with van der Waals surface area (Å²) < 4.78 is 18.8. The molecule has 0 saturated carbocycles. The van der Waals surface area contributed by atoms with Crippen LogP contribution in [0.1, 0.15) is 24.8 Å². The third kappa shape index (κ3) is 3.63. The standard InChI is InChI=1S/C24H26N2O4/c27-23(8-12-26-11-7-18-3-1-2-4-20(18)26)25-16-24(9-13-28-14-10-24)19-5-6-21-22(15-19)30-17-29-21/h1-7,11,15H,8-10,12-14,16-17H2,(H,25,27). The maximum atomic E-state index is 12.7. The summed E-state index contributed by atoms with van der Waals surface area (Å²) in [4.78, 5) is 12.7. The highest BCUT2D eigenvalue weighted by Crippen LogP contribution is 2.40. The fourth-order valence-electron chi connectivity index (χ4n) is 4.47. The van der Waals surface area contributed by atoms with E-state index in [-0.39, 0.29) is 18.1 Å². The van der Waals surface area contributed by atoms with Crippen molar-refractivity contribution in [1.82, 2.24) is 9.88 Å². The lowest BCUT2D eigenvalue weighted by Crippen LogP contribution is -2.44. The Morgan fingerprint density at radius 1 is 1.03 bits per heavy atom. The fourth-order valence-corrected chi connectivity index (χ4v) is 4.47. The molecule has 1 fully saturated rings. The van der Waals surface area contributed by atoms with Crippen molar-refractivity contribution in [1.29, 1.82) is 0 Å². The zero-order chi connectivity index (χ0) is 20.4. The minimum Gasteiger partial charge on any atom is -0.454 e. The second-order valence-corrected chi connectivity index (χ2v) is 8.06. The highest BCUT2D eigenvalue weighted by atomic mass is 16.7. The average molecular weight is 406 g/mol. The zero-order valence-corrected chi connectivity index (χ0v) is 16.9. The van der Waals surface area contributed by atoms with Crippen LogP contribution in [0.4, 0.5) is 0 Å². The SMILES string of the molecule is O=C(CCn1ccc2ccccc21)NCC1(c2ccc3c(c2)OCO3)CCOCC1. The van der Waals surface area contributed by atoms with E-state index in [1.165, 1.54) is 10.9 Å². The van der Waals surface area contributed by atoms with Crippen molar-refractivity contribution in [3.63, 3.8) is 0 Å². The number of nitrogens with one attached hydrogen (secondary N) is 1. The van der Waals surface area contributed by atoms with Gasteiger partial charge < -0.3 is 24.1 Å². The molecule has 156 valence electrons. The number of amides is 1. The van der Waals surface area contributed by atoms with Crippen LogP contribution in [0, 0.1) is 0 Å². The van der Waals surface area contributed by atoms with Gasteiger partial charge in [0.1, 0.15) is 0 Å². The van der Waals surface area contributed by atoms with Crippen LogP contribution < -0.4 is 14.8 Å².